The maximum Gasteiger partial charge on any atom is 0.339 e. The molecule has 2 rings (SSSR count). The molecule has 1 aliphatic carbocycles. The molecule has 1 aliphatic rings. The number of esters is 1. The third kappa shape index (κ3) is 5.40. The number of carbonyl (C=O) groups excluding carboxylic acids is 2. The molecular weight excluding hydrogens is 336 g/mol. The lowest BCUT2D eigenvalue weighted by atomic mass is 9.97. The highest BCUT2D eigenvalue weighted by molar-refractivity contribution is 5.92. The van der Waals surface area contributed by atoms with Crippen LogP contribution in [0.2, 0.25) is 0 Å². The van der Waals surface area contributed by atoms with Gasteiger partial charge in [-0.25, -0.2) is 4.79 Å². The minimum absolute atomic E-state index is 0.0503. The normalized spacial score (nSPS) is 14.9. The molecule has 1 aromatic rings. The summed E-state index contributed by atoms with van der Waals surface area (Å²) < 4.78 is 5.13. The second kappa shape index (κ2) is 9.12. The summed E-state index contributed by atoms with van der Waals surface area (Å²) in [4.78, 5) is 34.6. The molecule has 0 aliphatic heterocycles. The largest absolute Gasteiger partial charge is 0.449 e. The van der Waals surface area contributed by atoms with E-state index < -0.39 is 17.0 Å². The molecule has 1 atom stereocenters. The van der Waals surface area contributed by atoms with Gasteiger partial charge in [-0.2, -0.15) is 0 Å². The molecule has 0 heterocycles. The summed E-state index contributed by atoms with van der Waals surface area (Å²) in [5.74, 6) is -1.14. The molecule has 26 heavy (non-hydrogen) atoms. The number of nitro benzene ring substituents is 1. The number of nitrogens with one attached hydrogen (secondary N) is 1. The number of amides is 1. The first-order chi connectivity index (χ1) is 12.4. The topological polar surface area (TPSA) is 98.5 Å². The molecule has 0 saturated heterocycles. The summed E-state index contributed by atoms with van der Waals surface area (Å²) in [5.41, 5.74) is 1.70. The van der Waals surface area contributed by atoms with Crippen molar-refractivity contribution in [2.24, 2.45) is 0 Å². The maximum atomic E-state index is 12.1. The van der Waals surface area contributed by atoms with Crippen LogP contribution in [0, 0.1) is 17.0 Å². The predicted molar refractivity (Wildman–Crippen MR) is 96.9 cm³/mol. The van der Waals surface area contributed by atoms with E-state index in [1.165, 1.54) is 37.5 Å². The predicted octanol–water partition coefficient (Wildman–Crippen LogP) is 3.46. The molecule has 0 radical (unpaired) electrons. The van der Waals surface area contributed by atoms with Crippen molar-refractivity contribution in [2.75, 3.05) is 6.54 Å². The maximum absolute atomic E-state index is 12.1. The van der Waals surface area contributed by atoms with Gasteiger partial charge < -0.3 is 10.1 Å². The molecule has 0 fully saturated rings. The molecule has 7 nitrogen and oxygen atoms in total. The lowest BCUT2D eigenvalue weighted by Crippen LogP contribution is -2.36. The fourth-order valence-electron chi connectivity index (χ4n) is 2.84. The fraction of sp³-hybridized carbons (Fsp3) is 0.474. The Morgan fingerprint density at radius 3 is 2.77 bits per heavy atom. The number of nitrogens with zero attached hydrogens (tertiary/aromatic N) is 1. The molecule has 0 unspecified atom stereocenters. The van der Waals surface area contributed by atoms with Gasteiger partial charge >= 0.3 is 5.97 Å². The number of hydrogen-bond donors (Lipinski definition) is 1. The van der Waals surface area contributed by atoms with Crippen LogP contribution in [0.15, 0.2) is 29.8 Å². The van der Waals surface area contributed by atoms with Gasteiger partial charge in [0, 0.05) is 18.2 Å². The summed E-state index contributed by atoms with van der Waals surface area (Å²) in [6.07, 6.45) is 6.64. The monoisotopic (exact) mass is 360 g/mol. The summed E-state index contributed by atoms with van der Waals surface area (Å²) in [6.45, 7) is 3.57. The Labute approximate surface area is 152 Å². The van der Waals surface area contributed by atoms with Crippen LogP contribution in [0.5, 0.6) is 0 Å². The molecule has 7 heteroatoms. The van der Waals surface area contributed by atoms with Crippen LogP contribution in [-0.4, -0.2) is 29.4 Å². The highest BCUT2D eigenvalue weighted by atomic mass is 16.6. The molecule has 0 aromatic heterocycles. The minimum Gasteiger partial charge on any atom is -0.449 e. The number of hydrogen-bond acceptors (Lipinski definition) is 5. The van der Waals surface area contributed by atoms with Crippen LogP contribution in [0.25, 0.3) is 0 Å². The van der Waals surface area contributed by atoms with E-state index >= 15 is 0 Å². The van der Waals surface area contributed by atoms with Gasteiger partial charge in [0.2, 0.25) is 0 Å². The zero-order valence-corrected chi connectivity index (χ0v) is 15.1. The standard InChI is InChI=1S/C19H24N2O5/c1-13-8-9-16(12-17(13)21(24)25)19(23)26-14(2)18(22)20-11-10-15-6-4-3-5-7-15/h6,8-9,12,14H,3-5,7,10-11H2,1-2H3,(H,20,22)/t14-/m0/s1. The first kappa shape index (κ1) is 19.6. The first-order valence-electron chi connectivity index (χ1n) is 8.80. The van der Waals surface area contributed by atoms with Crippen LogP contribution in [0.4, 0.5) is 5.69 Å². The van der Waals surface area contributed by atoms with Crippen LogP contribution in [0.1, 0.15) is 54.9 Å². The van der Waals surface area contributed by atoms with E-state index in [1.807, 2.05) is 0 Å². The lowest BCUT2D eigenvalue weighted by molar-refractivity contribution is -0.385. The summed E-state index contributed by atoms with van der Waals surface area (Å²) in [6, 6.07) is 4.10. The van der Waals surface area contributed by atoms with Crippen LogP contribution in [0.3, 0.4) is 0 Å². The average Bonchev–Trinajstić information content (AvgIpc) is 2.62. The second-order valence-corrected chi connectivity index (χ2v) is 6.46. The first-order valence-corrected chi connectivity index (χ1v) is 8.80. The molecule has 1 N–H and O–H groups in total. The molecule has 0 spiro atoms. The van der Waals surface area contributed by atoms with E-state index in [1.54, 1.807) is 6.92 Å². The second-order valence-electron chi connectivity index (χ2n) is 6.46. The van der Waals surface area contributed by atoms with E-state index in [4.69, 9.17) is 4.74 Å². The summed E-state index contributed by atoms with van der Waals surface area (Å²) >= 11 is 0. The summed E-state index contributed by atoms with van der Waals surface area (Å²) in [7, 11) is 0. The molecule has 0 saturated carbocycles. The van der Waals surface area contributed by atoms with E-state index in [2.05, 4.69) is 11.4 Å². The highest BCUT2D eigenvalue weighted by Crippen LogP contribution is 2.20. The van der Waals surface area contributed by atoms with Gasteiger partial charge in [-0.1, -0.05) is 17.7 Å². The number of nitro groups is 1. The van der Waals surface area contributed by atoms with Crippen LogP contribution in [-0.2, 0) is 9.53 Å². The van der Waals surface area contributed by atoms with Crippen molar-refractivity contribution in [3.05, 3.63) is 51.1 Å². The number of rotatable bonds is 7. The number of carbonyl (C=O) groups is 2. The third-order valence-corrected chi connectivity index (χ3v) is 4.42. The van der Waals surface area contributed by atoms with Crippen molar-refractivity contribution in [3.8, 4) is 0 Å². The number of aryl methyl sites for hydroxylation is 1. The van der Waals surface area contributed by atoms with Crippen molar-refractivity contribution in [1.82, 2.24) is 5.32 Å². The Kier molecular flexibility index (Phi) is 6.89. The SMILES string of the molecule is Cc1ccc(C(=O)O[C@@H](C)C(=O)NCCC2=CCCCC2)cc1[N+](=O)[O-]. The molecule has 140 valence electrons. The minimum atomic E-state index is -0.969. The lowest BCUT2D eigenvalue weighted by Gasteiger charge is -2.15. The Bertz CT molecular complexity index is 727. The van der Waals surface area contributed by atoms with Gasteiger partial charge in [0.1, 0.15) is 0 Å². The van der Waals surface area contributed by atoms with Gasteiger partial charge in [0.05, 0.1) is 10.5 Å². The Balaban J connectivity index is 1.85. The molecule has 0 bridgehead atoms. The van der Waals surface area contributed by atoms with Gasteiger partial charge in [0.15, 0.2) is 6.10 Å². The van der Waals surface area contributed by atoms with E-state index in [0.29, 0.717) is 12.1 Å². The van der Waals surface area contributed by atoms with Crippen LogP contribution >= 0.6 is 0 Å². The smallest absolute Gasteiger partial charge is 0.339 e. The van der Waals surface area contributed by atoms with Crippen molar-refractivity contribution in [1.29, 1.82) is 0 Å². The highest BCUT2D eigenvalue weighted by Gasteiger charge is 2.21. The number of benzene rings is 1. The fourth-order valence-corrected chi connectivity index (χ4v) is 2.84. The molecular formula is C19H24N2O5. The van der Waals surface area contributed by atoms with E-state index in [9.17, 15) is 19.7 Å². The third-order valence-electron chi connectivity index (χ3n) is 4.42. The van der Waals surface area contributed by atoms with Crippen molar-refractivity contribution < 1.29 is 19.2 Å². The Morgan fingerprint density at radius 2 is 2.12 bits per heavy atom. The van der Waals surface area contributed by atoms with Gasteiger partial charge in [-0.3, -0.25) is 14.9 Å². The Morgan fingerprint density at radius 1 is 1.35 bits per heavy atom. The van der Waals surface area contributed by atoms with Crippen molar-refractivity contribution in [2.45, 2.75) is 52.1 Å². The van der Waals surface area contributed by atoms with Gasteiger partial charge in [0.25, 0.3) is 11.6 Å². The number of ether oxygens (including phenoxy) is 1. The zero-order valence-electron chi connectivity index (χ0n) is 15.1. The van der Waals surface area contributed by atoms with Crippen molar-refractivity contribution >= 4 is 17.6 Å². The zero-order chi connectivity index (χ0) is 19.1. The van der Waals surface area contributed by atoms with E-state index in [0.717, 1.165) is 25.3 Å². The quantitative estimate of drug-likeness (QED) is 0.347. The van der Waals surface area contributed by atoms with Gasteiger partial charge in [-0.05, 0) is 52.0 Å². The van der Waals surface area contributed by atoms with Crippen molar-refractivity contribution in [3.63, 3.8) is 0 Å². The number of allylic oxidation sites excluding steroid dienone is 1. The molecule has 1 amide bonds. The van der Waals surface area contributed by atoms with E-state index in [-0.39, 0.29) is 17.2 Å². The molecule has 1 aromatic carbocycles. The van der Waals surface area contributed by atoms with Gasteiger partial charge in [-0.15, -0.1) is 0 Å². The Hall–Kier alpha value is -2.70. The average molecular weight is 360 g/mol. The van der Waals surface area contributed by atoms with Crippen LogP contribution < -0.4 is 5.32 Å². The summed E-state index contributed by atoms with van der Waals surface area (Å²) in [5, 5.41) is 13.7.